The number of aryl methyl sites for hydroxylation is 2. The van der Waals surface area contributed by atoms with Crippen LogP contribution in [0, 0.1) is 0 Å². The molecule has 4 rings (SSSR count). The van der Waals surface area contributed by atoms with E-state index in [9.17, 15) is 9.59 Å². The maximum absolute atomic E-state index is 13.0. The van der Waals surface area contributed by atoms with Crippen molar-refractivity contribution in [3.05, 3.63) is 80.1 Å². The number of amides is 1. The summed E-state index contributed by atoms with van der Waals surface area (Å²) in [5.74, 6) is 0.191. The molecule has 0 aliphatic rings. The fraction of sp³-hybridized carbons (Fsp3) is 0.292. The predicted molar refractivity (Wildman–Crippen MR) is 135 cm³/mol. The van der Waals surface area contributed by atoms with Crippen molar-refractivity contribution in [3.8, 4) is 0 Å². The highest BCUT2D eigenvalue weighted by molar-refractivity contribution is 7.99. The molecule has 0 spiro atoms. The number of benzene rings is 1. The van der Waals surface area contributed by atoms with Crippen LogP contribution in [0.5, 0.6) is 0 Å². The number of thiophene rings is 2. The minimum absolute atomic E-state index is 0.0271. The van der Waals surface area contributed by atoms with Crippen LogP contribution in [0.2, 0.25) is 0 Å². The van der Waals surface area contributed by atoms with Crippen LogP contribution in [0.15, 0.2) is 69.2 Å². The van der Waals surface area contributed by atoms with Gasteiger partial charge in [0.1, 0.15) is 4.70 Å². The minimum Gasteiger partial charge on any atom is -0.353 e. The lowest BCUT2D eigenvalue weighted by atomic mass is 10.1. The van der Waals surface area contributed by atoms with Gasteiger partial charge in [-0.1, -0.05) is 48.2 Å². The van der Waals surface area contributed by atoms with Crippen molar-refractivity contribution in [1.82, 2.24) is 14.9 Å². The fourth-order valence-electron chi connectivity index (χ4n) is 3.45. The first kappa shape index (κ1) is 22.8. The Balaban J connectivity index is 1.38. The Kier molecular flexibility index (Phi) is 7.78. The average molecular weight is 484 g/mol. The summed E-state index contributed by atoms with van der Waals surface area (Å²) in [5.41, 5.74) is 1.94. The van der Waals surface area contributed by atoms with Crippen molar-refractivity contribution in [2.45, 2.75) is 43.9 Å². The summed E-state index contributed by atoms with van der Waals surface area (Å²) < 4.78 is 2.38. The Morgan fingerprint density at radius 1 is 1.09 bits per heavy atom. The maximum atomic E-state index is 13.0. The van der Waals surface area contributed by atoms with Crippen molar-refractivity contribution >= 4 is 50.6 Å². The molecule has 0 aliphatic heterocycles. The normalized spacial score (nSPS) is 12.2. The third-order valence-corrected chi connectivity index (χ3v) is 7.95. The van der Waals surface area contributed by atoms with Crippen molar-refractivity contribution in [2.24, 2.45) is 0 Å². The molecule has 0 aliphatic carbocycles. The second kappa shape index (κ2) is 10.9. The molecular weight excluding hydrogens is 458 g/mol. The summed E-state index contributed by atoms with van der Waals surface area (Å²) in [7, 11) is 0. The predicted octanol–water partition coefficient (Wildman–Crippen LogP) is 4.99. The Morgan fingerprint density at radius 3 is 2.72 bits per heavy atom. The first-order chi connectivity index (χ1) is 15.6. The molecule has 3 heterocycles. The second-order valence-electron chi connectivity index (χ2n) is 7.60. The lowest BCUT2D eigenvalue weighted by Crippen LogP contribution is -2.34. The van der Waals surface area contributed by atoms with Crippen molar-refractivity contribution in [3.63, 3.8) is 0 Å². The number of fused-ring (bicyclic) bond motifs is 1. The summed E-state index contributed by atoms with van der Waals surface area (Å²) in [4.78, 5) is 31.5. The van der Waals surface area contributed by atoms with E-state index >= 15 is 0 Å². The van der Waals surface area contributed by atoms with E-state index in [0.29, 0.717) is 21.9 Å². The first-order valence-electron chi connectivity index (χ1n) is 10.6. The lowest BCUT2D eigenvalue weighted by Gasteiger charge is -2.15. The monoisotopic (exact) mass is 483 g/mol. The van der Waals surface area contributed by atoms with Crippen LogP contribution in [-0.2, 0) is 24.2 Å². The summed E-state index contributed by atoms with van der Waals surface area (Å²) in [6.07, 6.45) is 2.57. The van der Waals surface area contributed by atoms with Crippen LogP contribution in [0.25, 0.3) is 10.2 Å². The zero-order chi connectivity index (χ0) is 22.3. The molecule has 0 radical (unpaired) electrons. The highest BCUT2D eigenvalue weighted by Gasteiger charge is 2.15. The van der Waals surface area contributed by atoms with E-state index < -0.39 is 0 Å². The van der Waals surface area contributed by atoms with Gasteiger partial charge in [0.25, 0.3) is 5.56 Å². The molecule has 1 amide bonds. The van der Waals surface area contributed by atoms with Gasteiger partial charge < -0.3 is 5.32 Å². The van der Waals surface area contributed by atoms with E-state index in [4.69, 9.17) is 0 Å². The van der Waals surface area contributed by atoms with Gasteiger partial charge in [0.2, 0.25) is 5.91 Å². The first-order valence-corrected chi connectivity index (χ1v) is 13.3. The molecule has 4 aromatic rings. The second-order valence-corrected chi connectivity index (χ2v) is 10.5. The molecule has 0 fully saturated rings. The summed E-state index contributed by atoms with van der Waals surface area (Å²) in [6, 6.07) is 16.3. The summed E-state index contributed by atoms with van der Waals surface area (Å²) >= 11 is 4.43. The van der Waals surface area contributed by atoms with Crippen LogP contribution in [-0.4, -0.2) is 27.3 Å². The third kappa shape index (κ3) is 5.88. The number of rotatable bonds is 10. The molecule has 1 atom stereocenters. The van der Waals surface area contributed by atoms with Gasteiger partial charge in [-0.2, -0.15) is 0 Å². The molecule has 5 nitrogen and oxygen atoms in total. The number of nitrogens with one attached hydrogen (secondary N) is 1. The van der Waals surface area contributed by atoms with Crippen LogP contribution in [0.3, 0.4) is 0 Å². The van der Waals surface area contributed by atoms with Crippen LogP contribution in [0.4, 0.5) is 0 Å². The summed E-state index contributed by atoms with van der Waals surface area (Å²) in [6.45, 7) is 2.58. The van der Waals surface area contributed by atoms with E-state index in [2.05, 4.69) is 28.5 Å². The van der Waals surface area contributed by atoms with Gasteiger partial charge in [-0.05, 0) is 54.6 Å². The molecular formula is C24H25N3O2S3. The zero-order valence-corrected chi connectivity index (χ0v) is 20.3. The van der Waals surface area contributed by atoms with Gasteiger partial charge in [0.15, 0.2) is 5.16 Å². The topological polar surface area (TPSA) is 64.0 Å². The number of hydrogen-bond acceptors (Lipinski definition) is 6. The molecule has 8 heteroatoms. The Bertz CT molecular complexity index is 1220. The zero-order valence-electron chi connectivity index (χ0n) is 17.8. The van der Waals surface area contributed by atoms with E-state index in [1.54, 1.807) is 15.9 Å². The Labute approximate surface area is 199 Å². The van der Waals surface area contributed by atoms with Gasteiger partial charge in [-0.25, -0.2) is 4.98 Å². The standard InChI is InChI=1S/C24H25N3O2S3/c1-17(9-10-18-6-3-2-4-7-18)25-21(28)16-32-24-26-20-12-15-31-22(20)23(29)27(24)13-11-19-8-5-14-30-19/h2-8,12,14-15,17H,9-11,13,16H2,1H3,(H,25,28). The lowest BCUT2D eigenvalue weighted by molar-refractivity contribution is -0.119. The van der Waals surface area contributed by atoms with Crippen LogP contribution in [0.1, 0.15) is 23.8 Å². The van der Waals surface area contributed by atoms with E-state index in [0.717, 1.165) is 19.3 Å². The molecule has 32 heavy (non-hydrogen) atoms. The maximum Gasteiger partial charge on any atom is 0.272 e. The van der Waals surface area contributed by atoms with Crippen LogP contribution < -0.4 is 10.9 Å². The Hall–Kier alpha value is -2.42. The molecule has 166 valence electrons. The molecule has 0 saturated heterocycles. The minimum atomic E-state index is -0.0416. The van der Waals surface area contributed by atoms with Crippen molar-refractivity contribution in [2.75, 3.05) is 5.75 Å². The molecule has 1 aromatic carbocycles. The quantitative estimate of drug-likeness (QED) is 0.255. The van der Waals surface area contributed by atoms with Crippen LogP contribution >= 0.6 is 34.4 Å². The summed E-state index contributed by atoms with van der Waals surface area (Å²) in [5, 5.41) is 7.60. The molecule has 3 aromatic heterocycles. The van der Waals surface area contributed by atoms with Gasteiger partial charge in [-0.15, -0.1) is 22.7 Å². The van der Waals surface area contributed by atoms with E-state index in [1.807, 2.05) is 48.0 Å². The average Bonchev–Trinajstić information content (AvgIpc) is 3.48. The van der Waals surface area contributed by atoms with Crippen molar-refractivity contribution in [1.29, 1.82) is 0 Å². The molecule has 1 unspecified atom stereocenters. The third-order valence-electron chi connectivity index (χ3n) is 5.14. The number of carbonyl (C=O) groups is 1. The number of thioether (sulfide) groups is 1. The van der Waals surface area contributed by atoms with E-state index in [-0.39, 0.29) is 23.3 Å². The number of nitrogens with zero attached hydrogens (tertiary/aromatic N) is 2. The largest absolute Gasteiger partial charge is 0.353 e. The number of aromatic nitrogens is 2. The SMILES string of the molecule is CC(CCc1ccccc1)NC(=O)CSc1nc2ccsc2c(=O)n1CCc1cccs1. The molecule has 1 N–H and O–H groups in total. The van der Waals surface area contributed by atoms with Gasteiger partial charge in [0, 0.05) is 17.5 Å². The van der Waals surface area contributed by atoms with Gasteiger partial charge >= 0.3 is 0 Å². The van der Waals surface area contributed by atoms with Gasteiger partial charge in [0.05, 0.1) is 11.3 Å². The highest BCUT2D eigenvalue weighted by Crippen LogP contribution is 2.22. The van der Waals surface area contributed by atoms with Crippen molar-refractivity contribution < 1.29 is 4.79 Å². The Morgan fingerprint density at radius 2 is 1.94 bits per heavy atom. The van der Waals surface area contributed by atoms with E-state index in [1.165, 1.54) is 33.5 Å². The molecule has 0 bridgehead atoms. The fourth-order valence-corrected chi connectivity index (χ4v) is 5.77. The highest BCUT2D eigenvalue weighted by atomic mass is 32.2. The molecule has 0 saturated carbocycles. The number of carbonyl (C=O) groups excluding carboxylic acids is 1. The van der Waals surface area contributed by atoms with Gasteiger partial charge in [-0.3, -0.25) is 14.2 Å². The smallest absolute Gasteiger partial charge is 0.272 e. The number of hydrogen-bond donors (Lipinski definition) is 1.